The minimum atomic E-state index is -1.97. The summed E-state index contributed by atoms with van der Waals surface area (Å²) < 4.78 is 34.6. The van der Waals surface area contributed by atoms with E-state index in [9.17, 15) is 61.0 Å². The van der Waals surface area contributed by atoms with Gasteiger partial charge in [-0.2, -0.15) is 0 Å². The average molecular weight is 1410 g/mol. The second-order valence-corrected chi connectivity index (χ2v) is 30.0. The van der Waals surface area contributed by atoms with Gasteiger partial charge in [0.15, 0.2) is 18.9 Å². The van der Waals surface area contributed by atoms with Crippen LogP contribution < -0.4 is 5.32 Å². The Morgan fingerprint density at radius 2 is 0.582 bits per heavy atom. The number of aliphatic hydroxyl groups is 11. The first-order chi connectivity index (χ1) is 47.8. The summed E-state index contributed by atoms with van der Waals surface area (Å²) >= 11 is 0. The highest BCUT2D eigenvalue weighted by Gasteiger charge is 2.54. The van der Waals surface area contributed by atoms with Crippen molar-refractivity contribution in [3.8, 4) is 0 Å². The second kappa shape index (κ2) is 61.0. The quantitative estimate of drug-likeness (QED) is 0.0252. The molecule has 0 spiro atoms. The summed E-state index contributed by atoms with van der Waals surface area (Å²) in [7, 11) is 0. The second-order valence-electron chi connectivity index (χ2n) is 30.0. The molecule has 19 nitrogen and oxygen atoms in total. The van der Waals surface area contributed by atoms with Gasteiger partial charge in [-0.25, -0.2) is 0 Å². The van der Waals surface area contributed by atoms with Gasteiger partial charge in [0.1, 0.15) is 73.2 Å². The van der Waals surface area contributed by atoms with Crippen LogP contribution in [0.2, 0.25) is 0 Å². The maximum absolute atomic E-state index is 13.5. The first-order valence-corrected chi connectivity index (χ1v) is 41.3. The fourth-order valence-electron chi connectivity index (χ4n) is 14.6. The maximum Gasteiger partial charge on any atom is 0.220 e. The minimum absolute atomic E-state index is 0.232. The van der Waals surface area contributed by atoms with Crippen LogP contribution in [0.25, 0.3) is 0 Å². The fourth-order valence-corrected chi connectivity index (χ4v) is 14.6. The molecule has 3 heterocycles. The Morgan fingerprint density at radius 3 is 0.888 bits per heavy atom. The molecule has 3 saturated heterocycles. The van der Waals surface area contributed by atoms with Crippen LogP contribution in [0.1, 0.15) is 367 Å². The average Bonchev–Trinajstić information content (AvgIpc) is 0.785. The summed E-state index contributed by atoms with van der Waals surface area (Å²) in [5.74, 6) is -0.232. The number of aliphatic hydroxyl groups excluding tert-OH is 11. The molecular weight excluding hydrogens is 1250 g/mol. The molecule has 3 rings (SSSR count). The smallest absolute Gasteiger partial charge is 0.220 e. The first-order valence-electron chi connectivity index (χ1n) is 41.3. The lowest BCUT2D eigenvalue weighted by Crippen LogP contribution is -2.66. The fraction of sp³-hybridized carbons (Fsp3) is 0.987. The minimum Gasteiger partial charge on any atom is -0.394 e. The largest absolute Gasteiger partial charge is 0.394 e. The zero-order chi connectivity index (χ0) is 71.1. The summed E-state index contributed by atoms with van der Waals surface area (Å²) in [6, 6.07) is -0.883. The van der Waals surface area contributed by atoms with Crippen LogP contribution >= 0.6 is 0 Å². The van der Waals surface area contributed by atoms with Crippen LogP contribution in [0.15, 0.2) is 0 Å². The van der Waals surface area contributed by atoms with E-state index < -0.39 is 124 Å². The van der Waals surface area contributed by atoms with Gasteiger partial charge in [-0.1, -0.05) is 348 Å². The lowest BCUT2D eigenvalue weighted by molar-refractivity contribution is -0.379. The number of amides is 1. The summed E-state index contributed by atoms with van der Waals surface area (Å²) in [6.07, 6.45) is 43.4. The Balaban J connectivity index is 1.36. The molecule has 0 aliphatic carbocycles. The van der Waals surface area contributed by atoms with Gasteiger partial charge in [-0.3, -0.25) is 4.79 Å². The monoisotopic (exact) mass is 1400 g/mol. The topological polar surface area (TPSA) is 307 Å². The number of ether oxygens (including phenoxy) is 6. The van der Waals surface area contributed by atoms with Crippen LogP contribution in [0, 0.1) is 0 Å². The van der Waals surface area contributed by atoms with E-state index in [1.807, 2.05) is 0 Å². The van der Waals surface area contributed by atoms with E-state index in [0.717, 1.165) is 44.9 Å². The number of carbonyl (C=O) groups is 1. The molecule has 0 saturated carbocycles. The summed E-state index contributed by atoms with van der Waals surface area (Å²) in [4.78, 5) is 13.5. The summed E-state index contributed by atoms with van der Waals surface area (Å²) in [5.41, 5.74) is 0. The normalized spacial score (nSPS) is 26.6. The number of hydrogen-bond acceptors (Lipinski definition) is 18. The maximum atomic E-state index is 13.5. The van der Waals surface area contributed by atoms with Crippen molar-refractivity contribution in [2.75, 3.05) is 26.4 Å². The first kappa shape index (κ1) is 91.0. The number of unbranched alkanes of at least 4 members (excludes halogenated alkanes) is 51. The number of hydrogen-bond donors (Lipinski definition) is 12. The van der Waals surface area contributed by atoms with Crippen molar-refractivity contribution in [2.45, 2.75) is 471 Å². The molecule has 0 aromatic carbocycles. The molecule has 3 aliphatic heterocycles. The standard InChI is InChI=1S/C79H153NO18/c1-3-5-7-9-11-13-15-17-19-21-23-25-27-29-31-33-35-37-39-41-43-45-47-49-51-53-55-57-67(85)80-62(63(84)56-54-52-50-48-46-44-42-40-38-36-34-32-30-28-26-24-22-20-18-16-14-12-10-8-6-4-2)61-93-77-73(91)70(88)75(65(59-82)95-77)98-79-74(92)71(89)76(66(60-83)96-79)97-78-72(90)69(87)68(86)64(58-81)94-78/h62-66,68-79,81-84,86-92H,3-61H2,1-2H3,(H,80,85). The molecule has 17 atom stereocenters. The zero-order valence-corrected chi connectivity index (χ0v) is 62.3. The van der Waals surface area contributed by atoms with Crippen molar-refractivity contribution < 1.29 is 89.4 Å². The van der Waals surface area contributed by atoms with Gasteiger partial charge in [0, 0.05) is 6.42 Å². The molecule has 1 amide bonds. The van der Waals surface area contributed by atoms with Gasteiger partial charge < -0.3 is 89.9 Å². The van der Waals surface area contributed by atoms with Crippen molar-refractivity contribution in [1.82, 2.24) is 5.32 Å². The molecule has 582 valence electrons. The number of rotatable bonds is 67. The molecule has 17 unspecified atom stereocenters. The molecule has 0 bridgehead atoms. The van der Waals surface area contributed by atoms with Crippen molar-refractivity contribution >= 4 is 5.91 Å². The van der Waals surface area contributed by atoms with Gasteiger partial charge in [-0.15, -0.1) is 0 Å². The van der Waals surface area contributed by atoms with Crippen LogP contribution in [0.4, 0.5) is 0 Å². The van der Waals surface area contributed by atoms with Gasteiger partial charge in [0.25, 0.3) is 0 Å². The van der Waals surface area contributed by atoms with Crippen LogP contribution in [0.5, 0.6) is 0 Å². The highest BCUT2D eigenvalue weighted by Crippen LogP contribution is 2.33. The van der Waals surface area contributed by atoms with Crippen molar-refractivity contribution in [2.24, 2.45) is 0 Å². The highest BCUT2D eigenvalue weighted by molar-refractivity contribution is 5.76. The summed E-state index contributed by atoms with van der Waals surface area (Å²) in [6.45, 7) is 1.88. The number of nitrogens with one attached hydrogen (secondary N) is 1. The molecule has 0 radical (unpaired) electrons. The third-order valence-electron chi connectivity index (χ3n) is 21.2. The van der Waals surface area contributed by atoms with E-state index in [-0.39, 0.29) is 18.9 Å². The molecule has 3 aliphatic rings. The third kappa shape index (κ3) is 40.9. The number of carbonyl (C=O) groups excluding carboxylic acids is 1. The van der Waals surface area contributed by atoms with E-state index in [1.54, 1.807) is 0 Å². The summed E-state index contributed by atoms with van der Waals surface area (Å²) in [5, 5.41) is 121. The van der Waals surface area contributed by atoms with E-state index in [2.05, 4.69) is 19.2 Å². The van der Waals surface area contributed by atoms with E-state index in [0.29, 0.717) is 12.8 Å². The van der Waals surface area contributed by atoms with Crippen molar-refractivity contribution in [3.63, 3.8) is 0 Å². The van der Waals surface area contributed by atoms with Crippen LogP contribution in [-0.2, 0) is 33.2 Å². The lowest BCUT2D eigenvalue weighted by Gasteiger charge is -2.48. The van der Waals surface area contributed by atoms with Crippen LogP contribution in [0.3, 0.4) is 0 Å². The molecule has 19 heteroatoms. The Hall–Kier alpha value is -1.21. The van der Waals surface area contributed by atoms with Gasteiger partial charge in [-0.05, 0) is 12.8 Å². The van der Waals surface area contributed by atoms with Crippen molar-refractivity contribution in [1.29, 1.82) is 0 Å². The zero-order valence-electron chi connectivity index (χ0n) is 62.3. The lowest BCUT2D eigenvalue weighted by atomic mass is 9.96. The Morgan fingerprint density at radius 1 is 0.327 bits per heavy atom. The third-order valence-corrected chi connectivity index (χ3v) is 21.2. The van der Waals surface area contributed by atoms with Gasteiger partial charge >= 0.3 is 0 Å². The molecule has 3 fully saturated rings. The predicted octanol–water partition coefficient (Wildman–Crippen LogP) is 13.8. The van der Waals surface area contributed by atoms with Crippen molar-refractivity contribution in [3.05, 3.63) is 0 Å². The molecule has 0 aromatic rings. The SMILES string of the molecule is CCCCCCCCCCCCCCCCCCCCCCCCCCCCCC(=O)NC(COC1OC(CO)C(OC2OC(CO)C(OC3OC(CO)C(O)C(O)C3O)C(O)C2O)C(O)C1O)C(O)CCCCCCCCCCCCCCCCCCCCCCCCCCCC. The van der Waals surface area contributed by atoms with E-state index in [4.69, 9.17) is 28.4 Å². The van der Waals surface area contributed by atoms with Gasteiger partial charge in [0.2, 0.25) is 5.91 Å². The predicted molar refractivity (Wildman–Crippen MR) is 388 cm³/mol. The van der Waals surface area contributed by atoms with Gasteiger partial charge in [0.05, 0.1) is 38.6 Å². The molecular formula is C79H153NO18. The van der Waals surface area contributed by atoms with Crippen LogP contribution in [-0.4, -0.2) is 193 Å². The molecule has 98 heavy (non-hydrogen) atoms. The highest BCUT2D eigenvalue weighted by atomic mass is 16.8. The Labute approximate surface area is 595 Å². The molecule has 12 N–H and O–H groups in total. The molecule has 0 aromatic heterocycles. The van der Waals surface area contributed by atoms with E-state index in [1.165, 1.54) is 289 Å². The Kier molecular flexibility index (Phi) is 56.6. The Bertz CT molecular complexity index is 1770. The van der Waals surface area contributed by atoms with E-state index >= 15 is 0 Å².